The number of methoxy groups -OCH3 is 1. The van der Waals surface area contributed by atoms with Crippen molar-refractivity contribution in [3.63, 3.8) is 0 Å². The molecule has 0 spiro atoms. The lowest BCUT2D eigenvalue weighted by Gasteiger charge is -2.12. The lowest BCUT2D eigenvalue weighted by Crippen LogP contribution is -2.29. The Balaban J connectivity index is 1.45. The fourth-order valence-corrected chi connectivity index (χ4v) is 5.44. The standard InChI is InChI=1S/C20H23N5O4S/c1-13(22-19(26)9-14-7-8-30(27,28)11-14)20-23-18-10-17(21-12-25(18)24-20)15-3-5-16(29-2)6-4-15/h3-6,10,12-14H,7-9,11H2,1-2H3,(H,22,26)/t13-,14+/m0/s1. The molecule has 1 aromatic carbocycles. The monoisotopic (exact) mass is 429 g/mol. The highest BCUT2D eigenvalue weighted by molar-refractivity contribution is 7.91. The summed E-state index contributed by atoms with van der Waals surface area (Å²) < 4.78 is 29.9. The van der Waals surface area contributed by atoms with Crippen LogP contribution < -0.4 is 10.1 Å². The molecule has 158 valence electrons. The zero-order valence-electron chi connectivity index (χ0n) is 16.8. The second-order valence-corrected chi connectivity index (χ2v) is 9.77. The molecule has 1 fully saturated rings. The molecule has 10 heteroatoms. The van der Waals surface area contributed by atoms with Gasteiger partial charge in [0.2, 0.25) is 5.91 Å². The number of benzene rings is 1. The molecule has 2 aromatic heterocycles. The number of hydrogen-bond donors (Lipinski definition) is 1. The molecule has 9 nitrogen and oxygen atoms in total. The number of rotatable bonds is 6. The number of carbonyl (C=O) groups is 1. The summed E-state index contributed by atoms with van der Waals surface area (Å²) in [6.45, 7) is 1.80. The van der Waals surface area contributed by atoms with Gasteiger partial charge in [-0.3, -0.25) is 4.79 Å². The topological polar surface area (TPSA) is 116 Å². The number of ether oxygens (including phenoxy) is 1. The van der Waals surface area contributed by atoms with Gasteiger partial charge in [-0.2, -0.15) is 0 Å². The Kier molecular flexibility index (Phi) is 5.42. The number of fused-ring (bicyclic) bond motifs is 1. The molecule has 0 bridgehead atoms. The Labute approximate surface area is 174 Å². The molecule has 0 saturated carbocycles. The van der Waals surface area contributed by atoms with Crippen LogP contribution in [0, 0.1) is 5.92 Å². The highest BCUT2D eigenvalue weighted by atomic mass is 32.2. The molecule has 1 aliphatic rings. The van der Waals surface area contributed by atoms with E-state index in [-0.39, 0.29) is 29.8 Å². The van der Waals surface area contributed by atoms with Gasteiger partial charge >= 0.3 is 0 Å². The van der Waals surface area contributed by atoms with Crippen molar-refractivity contribution in [2.45, 2.75) is 25.8 Å². The lowest BCUT2D eigenvalue weighted by atomic mass is 10.0. The van der Waals surface area contributed by atoms with E-state index in [1.54, 1.807) is 24.9 Å². The molecule has 2 atom stereocenters. The molecular weight excluding hydrogens is 406 g/mol. The minimum absolute atomic E-state index is 0.0845. The number of sulfone groups is 1. The van der Waals surface area contributed by atoms with E-state index in [1.165, 1.54) is 0 Å². The third-order valence-electron chi connectivity index (χ3n) is 5.20. The van der Waals surface area contributed by atoms with Crippen molar-refractivity contribution in [3.05, 3.63) is 42.5 Å². The maximum atomic E-state index is 12.3. The molecule has 3 aromatic rings. The molecule has 3 heterocycles. The van der Waals surface area contributed by atoms with Gasteiger partial charge in [0.05, 0.1) is 30.4 Å². The van der Waals surface area contributed by atoms with E-state index in [1.807, 2.05) is 30.3 Å². The Morgan fingerprint density at radius 2 is 2.10 bits per heavy atom. The predicted octanol–water partition coefficient (Wildman–Crippen LogP) is 1.80. The second kappa shape index (κ2) is 8.02. The maximum absolute atomic E-state index is 12.3. The zero-order chi connectivity index (χ0) is 21.3. The average Bonchev–Trinajstić information content (AvgIpc) is 3.30. The van der Waals surface area contributed by atoms with Gasteiger partial charge in [-0.15, -0.1) is 5.10 Å². The molecule has 1 aliphatic heterocycles. The number of nitrogens with one attached hydrogen (secondary N) is 1. The molecule has 0 radical (unpaired) electrons. The van der Waals surface area contributed by atoms with Crippen LogP contribution in [-0.4, -0.2) is 52.5 Å². The first-order valence-electron chi connectivity index (χ1n) is 9.69. The number of aromatic nitrogens is 4. The van der Waals surface area contributed by atoms with Crippen LogP contribution in [0.25, 0.3) is 16.9 Å². The third kappa shape index (κ3) is 4.43. The Morgan fingerprint density at radius 3 is 2.77 bits per heavy atom. The van der Waals surface area contributed by atoms with Crippen LogP contribution in [0.2, 0.25) is 0 Å². The highest BCUT2D eigenvalue weighted by Crippen LogP contribution is 2.23. The summed E-state index contributed by atoms with van der Waals surface area (Å²) in [7, 11) is -1.37. The molecule has 0 aliphatic carbocycles. The minimum Gasteiger partial charge on any atom is -0.497 e. The number of nitrogens with zero attached hydrogens (tertiary/aromatic N) is 4. The van der Waals surface area contributed by atoms with Crippen molar-refractivity contribution in [1.82, 2.24) is 24.9 Å². The predicted molar refractivity (Wildman–Crippen MR) is 111 cm³/mol. The van der Waals surface area contributed by atoms with E-state index in [0.29, 0.717) is 17.9 Å². The van der Waals surface area contributed by atoms with Gasteiger partial charge in [-0.25, -0.2) is 22.9 Å². The second-order valence-electron chi connectivity index (χ2n) is 7.54. The Bertz CT molecular complexity index is 1170. The van der Waals surface area contributed by atoms with E-state index < -0.39 is 15.9 Å². The first-order chi connectivity index (χ1) is 14.3. The summed E-state index contributed by atoms with van der Waals surface area (Å²) in [5, 5.41) is 7.26. The molecule has 1 N–H and O–H groups in total. The van der Waals surface area contributed by atoms with Crippen molar-refractivity contribution in [2.75, 3.05) is 18.6 Å². The normalized spacial score (nSPS) is 18.9. The quantitative estimate of drug-likeness (QED) is 0.635. The number of amides is 1. The van der Waals surface area contributed by atoms with Gasteiger partial charge in [0.15, 0.2) is 21.3 Å². The van der Waals surface area contributed by atoms with Gasteiger partial charge < -0.3 is 10.1 Å². The van der Waals surface area contributed by atoms with E-state index in [4.69, 9.17) is 4.74 Å². The molecular formula is C20H23N5O4S. The molecule has 30 heavy (non-hydrogen) atoms. The van der Waals surface area contributed by atoms with Crippen LogP contribution >= 0.6 is 0 Å². The van der Waals surface area contributed by atoms with Crippen LogP contribution in [0.1, 0.15) is 31.6 Å². The van der Waals surface area contributed by atoms with Crippen LogP contribution in [0.5, 0.6) is 5.75 Å². The Morgan fingerprint density at radius 1 is 1.33 bits per heavy atom. The van der Waals surface area contributed by atoms with E-state index >= 15 is 0 Å². The van der Waals surface area contributed by atoms with Crippen molar-refractivity contribution in [2.24, 2.45) is 5.92 Å². The van der Waals surface area contributed by atoms with Crippen LogP contribution in [0.15, 0.2) is 36.7 Å². The zero-order valence-corrected chi connectivity index (χ0v) is 17.6. The van der Waals surface area contributed by atoms with Crippen molar-refractivity contribution >= 4 is 21.4 Å². The maximum Gasteiger partial charge on any atom is 0.220 e. The van der Waals surface area contributed by atoms with Crippen LogP contribution in [0.3, 0.4) is 0 Å². The SMILES string of the molecule is COc1ccc(-c2cc3nc([C@H](C)NC(=O)C[C@H]4CCS(=O)(=O)C4)nn3cn2)cc1. The summed E-state index contributed by atoms with van der Waals surface area (Å²) >= 11 is 0. The number of hydrogen-bond acceptors (Lipinski definition) is 7. The smallest absolute Gasteiger partial charge is 0.220 e. The summed E-state index contributed by atoms with van der Waals surface area (Å²) in [6, 6.07) is 8.99. The average molecular weight is 430 g/mol. The highest BCUT2D eigenvalue weighted by Gasteiger charge is 2.30. The van der Waals surface area contributed by atoms with Gasteiger partial charge in [0, 0.05) is 18.1 Å². The van der Waals surface area contributed by atoms with Crippen molar-refractivity contribution in [3.8, 4) is 17.0 Å². The van der Waals surface area contributed by atoms with E-state index in [9.17, 15) is 13.2 Å². The van der Waals surface area contributed by atoms with Crippen LogP contribution in [-0.2, 0) is 14.6 Å². The first kappa shape index (κ1) is 20.3. The lowest BCUT2D eigenvalue weighted by molar-refractivity contribution is -0.122. The van der Waals surface area contributed by atoms with Crippen molar-refractivity contribution < 1.29 is 17.9 Å². The summed E-state index contributed by atoms with van der Waals surface area (Å²) in [6.07, 6.45) is 2.32. The van der Waals surface area contributed by atoms with Gasteiger partial charge in [0.1, 0.15) is 12.1 Å². The molecule has 1 amide bonds. The van der Waals surface area contributed by atoms with Gasteiger partial charge in [0.25, 0.3) is 0 Å². The summed E-state index contributed by atoms with van der Waals surface area (Å²) in [4.78, 5) is 21.3. The van der Waals surface area contributed by atoms with Crippen molar-refractivity contribution in [1.29, 1.82) is 0 Å². The Hall–Kier alpha value is -3.01. The van der Waals surface area contributed by atoms with Gasteiger partial charge in [-0.1, -0.05) is 0 Å². The summed E-state index contributed by atoms with van der Waals surface area (Å²) in [5.74, 6) is 1.17. The fraction of sp³-hybridized carbons (Fsp3) is 0.400. The third-order valence-corrected chi connectivity index (χ3v) is 7.03. The number of carbonyl (C=O) groups excluding carboxylic acids is 1. The van der Waals surface area contributed by atoms with Gasteiger partial charge in [-0.05, 0) is 43.5 Å². The van der Waals surface area contributed by atoms with E-state index in [0.717, 1.165) is 17.0 Å². The first-order valence-corrected chi connectivity index (χ1v) is 11.5. The molecule has 4 rings (SSSR count). The summed E-state index contributed by atoms with van der Waals surface area (Å²) in [5.41, 5.74) is 2.30. The molecule has 0 unspecified atom stereocenters. The minimum atomic E-state index is -2.99. The van der Waals surface area contributed by atoms with Crippen LogP contribution in [0.4, 0.5) is 0 Å². The van der Waals surface area contributed by atoms with E-state index in [2.05, 4.69) is 20.4 Å². The fourth-order valence-electron chi connectivity index (χ4n) is 3.58. The molecule has 1 saturated heterocycles. The largest absolute Gasteiger partial charge is 0.497 e.